The van der Waals surface area contributed by atoms with E-state index >= 15 is 0 Å². The minimum Gasteiger partial charge on any atom is -0.549 e. The van der Waals surface area contributed by atoms with Gasteiger partial charge in [-0.2, -0.15) is 0 Å². The van der Waals surface area contributed by atoms with Crippen LogP contribution in [0, 0.1) is 0 Å². The van der Waals surface area contributed by atoms with E-state index in [4.69, 9.17) is 18.3 Å². The highest BCUT2D eigenvalue weighted by atomic mass is 28.4. The monoisotopic (exact) mass is 534 g/mol. The summed E-state index contributed by atoms with van der Waals surface area (Å²) in [6.45, 7) is 30.7. The SMILES string of the molecule is C=C(O[Si](C)(C)CCCC)[Si](C)(C)OC(CC)(CC)[Si](C)(C)CCCOCC(C)OCC(C)O. The first-order chi connectivity index (χ1) is 15.6. The molecule has 0 fully saturated rings. The predicted octanol–water partition coefficient (Wildman–Crippen LogP) is 7.28. The third kappa shape index (κ3) is 11.8. The van der Waals surface area contributed by atoms with Crippen molar-refractivity contribution >= 4 is 24.7 Å². The largest absolute Gasteiger partial charge is 0.549 e. The van der Waals surface area contributed by atoms with Crippen LogP contribution in [0.3, 0.4) is 0 Å². The van der Waals surface area contributed by atoms with Gasteiger partial charge in [-0.05, 0) is 65.3 Å². The predicted molar refractivity (Wildman–Crippen MR) is 154 cm³/mol. The highest BCUT2D eigenvalue weighted by Crippen LogP contribution is 2.40. The minimum atomic E-state index is -2.25. The van der Waals surface area contributed by atoms with Crippen LogP contribution in [0.4, 0.5) is 0 Å². The van der Waals surface area contributed by atoms with E-state index in [1.165, 1.54) is 18.9 Å². The molecule has 34 heavy (non-hydrogen) atoms. The second-order valence-corrected chi connectivity index (χ2v) is 24.9. The first-order valence-corrected chi connectivity index (χ1v) is 22.8. The molecular weight excluding hydrogens is 477 g/mol. The molecule has 0 aliphatic heterocycles. The van der Waals surface area contributed by atoms with Gasteiger partial charge in [0, 0.05) is 11.8 Å². The van der Waals surface area contributed by atoms with Crippen LogP contribution < -0.4 is 0 Å². The van der Waals surface area contributed by atoms with Crippen molar-refractivity contribution < 1.29 is 23.4 Å². The Balaban J connectivity index is 5.05. The maximum Gasteiger partial charge on any atom is 0.254 e. The maximum absolute atomic E-state index is 9.35. The Morgan fingerprint density at radius 3 is 2.00 bits per heavy atom. The molecule has 8 heteroatoms. The summed E-state index contributed by atoms with van der Waals surface area (Å²) < 4.78 is 25.2. The molecule has 0 saturated heterocycles. The third-order valence-electron chi connectivity index (χ3n) is 7.09. The quantitative estimate of drug-likeness (QED) is 0.101. The van der Waals surface area contributed by atoms with Crippen LogP contribution in [-0.2, 0) is 18.3 Å². The van der Waals surface area contributed by atoms with Crippen molar-refractivity contribution in [1.82, 2.24) is 0 Å². The van der Waals surface area contributed by atoms with Crippen LogP contribution in [-0.4, -0.2) is 67.1 Å². The molecule has 0 aliphatic rings. The first-order valence-electron chi connectivity index (χ1n) is 13.5. The fourth-order valence-electron chi connectivity index (χ4n) is 4.59. The summed E-state index contributed by atoms with van der Waals surface area (Å²) in [7, 11) is -5.75. The Bertz CT molecular complexity index is 575. The van der Waals surface area contributed by atoms with Crippen LogP contribution in [0.2, 0.25) is 51.4 Å². The minimum absolute atomic E-state index is 0.00324. The Morgan fingerprint density at radius 2 is 1.50 bits per heavy atom. The summed E-state index contributed by atoms with van der Waals surface area (Å²) in [5.74, 6) is 0. The lowest BCUT2D eigenvalue weighted by molar-refractivity contribution is -0.0363. The van der Waals surface area contributed by atoms with Crippen molar-refractivity contribution in [1.29, 1.82) is 0 Å². The number of unbranched alkanes of at least 4 members (excludes halogenated alkanes) is 1. The number of ether oxygens (including phenoxy) is 2. The van der Waals surface area contributed by atoms with E-state index in [9.17, 15) is 5.11 Å². The Morgan fingerprint density at radius 1 is 0.912 bits per heavy atom. The first kappa shape index (κ1) is 34.0. The highest BCUT2D eigenvalue weighted by Gasteiger charge is 2.49. The molecule has 0 amide bonds. The molecule has 1 N–H and O–H groups in total. The van der Waals surface area contributed by atoms with Crippen molar-refractivity contribution in [3.63, 3.8) is 0 Å². The number of aliphatic hydroxyl groups is 1. The molecule has 2 atom stereocenters. The topological polar surface area (TPSA) is 57.2 Å². The van der Waals surface area contributed by atoms with Crippen molar-refractivity contribution in [3.8, 4) is 0 Å². The fraction of sp³-hybridized carbons (Fsp3) is 0.923. The van der Waals surface area contributed by atoms with Gasteiger partial charge in [0.25, 0.3) is 8.32 Å². The molecule has 0 aromatic rings. The molecule has 0 aromatic heterocycles. The zero-order valence-electron chi connectivity index (χ0n) is 24.5. The van der Waals surface area contributed by atoms with Gasteiger partial charge in [-0.15, -0.1) is 0 Å². The Labute approximate surface area is 215 Å². The van der Waals surface area contributed by atoms with Crippen molar-refractivity contribution in [3.05, 3.63) is 12.0 Å². The zero-order chi connectivity index (χ0) is 26.6. The smallest absolute Gasteiger partial charge is 0.254 e. The molecule has 0 saturated carbocycles. The van der Waals surface area contributed by atoms with E-state index in [2.05, 4.69) is 66.6 Å². The van der Waals surface area contributed by atoms with Gasteiger partial charge in [0.15, 0.2) is 0 Å². The molecule has 0 spiro atoms. The maximum atomic E-state index is 9.35. The lowest BCUT2D eigenvalue weighted by atomic mass is 10.2. The molecule has 0 rings (SSSR count). The van der Waals surface area contributed by atoms with Gasteiger partial charge < -0.3 is 23.4 Å². The van der Waals surface area contributed by atoms with Gasteiger partial charge in [-0.1, -0.05) is 59.3 Å². The summed E-state index contributed by atoms with van der Waals surface area (Å²) in [6.07, 6.45) is 5.06. The lowest BCUT2D eigenvalue weighted by Crippen LogP contribution is -2.60. The van der Waals surface area contributed by atoms with Gasteiger partial charge in [0.1, 0.15) is 0 Å². The average Bonchev–Trinajstić information content (AvgIpc) is 2.73. The van der Waals surface area contributed by atoms with Crippen LogP contribution in [0.5, 0.6) is 0 Å². The summed E-state index contributed by atoms with van der Waals surface area (Å²) in [6, 6.07) is 2.33. The second kappa shape index (κ2) is 15.3. The average molecular weight is 535 g/mol. The van der Waals surface area contributed by atoms with E-state index in [1.807, 2.05) is 6.92 Å². The molecule has 5 nitrogen and oxygen atoms in total. The van der Waals surface area contributed by atoms with Gasteiger partial charge in [-0.25, -0.2) is 0 Å². The van der Waals surface area contributed by atoms with E-state index < -0.39 is 30.8 Å². The number of hydrogen-bond acceptors (Lipinski definition) is 5. The molecule has 0 radical (unpaired) electrons. The standard InChI is InChI=1S/C26H58O5Si3/c1-13-16-20-33(9,10)30-25(6)34(11,12)31-26(14-2,15-3)32(7,8)19-17-18-28-22-24(5)29-21-23(4)27/h23-24,27H,6,13-22H2,1-5,7-12H3. The van der Waals surface area contributed by atoms with E-state index in [1.54, 1.807) is 6.92 Å². The summed E-state index contributed by atoms with van der Waals surface area (Å²) in [5, 5.41) is 10.2. The summed E-state index contributed by atoms with van der Waals surface area (Å²) >= 11 is 0. The number of rotatable bonds is 20. The van der Waals surface area contributed by atoms with Crippen molar-refractivity contribution in [2.75, 3.05) is 19.8 Å². The molecule has 204 valence electrons. The van der Waals surface area contributed by atoms with Crippen LogP contribution >= 0.6 is 0 Å². The Kier molecular flexibility index (Phi) is 15.3. The highest BCUT2D eigenvalue weighted by molar-refractivity contribution is 6.84. The molecular formula is C26H58O5Si3. The molecule has 0 aromatic carbocycles. The van der Waals surface area contributed by atoms with Crippen LogP contribution in [0.1, 0.15) is 66.7 Å². The van der Waals surface area contributed by atoms with Gasteiger partial charge >= 0.3 is 0 Å². The molecule has 0 aliphatic carbocycles. The van der Waals surface area contributed by atoms with E-state index in [0.29, 0.717) is 13.2 Å². The number of hydrogen-bond donors (Lipinski definition) is 1. The Hall–Kier alpha value is 0.0306. The van der Waals surface area contributed by atoms with Gasteiger partial charge in [0.2, 0.25) is 8.32 Å². The normalized spacial score (nSPS) is 15.3. The van der Waals surface area contributed by atoms with Gasteiger partial charge in [-0.3, -0.25) is 0 Å². The molecule has 0 heterocycles. The zero-order valence-corrected chi connectivity index (χ0v) is 27.5. The van der Waals surface area contributed by atoms with Crippen LogP contribution in [0.25, 0.3) is 0 Å². The van der Waals surface area contributed by atoms with Crippen molar-refractivity contribution in [2.45, 2.75) is 136 Å². The molecule has 2 unspecified atom stereocenters. The summed E-state index contributed by atoms with van der Waals surface area (Å²) in [4.78, 5) is 0. The molecule has 0 bridgehead atoms. The van der Waals surface area contributed by atoms with E-state index in [-0.39, 0.29) is 11.3 Å². The van der Waals surface area contributed by atoms with Gasteiger partial charge in [0.05, 0.1) is 38.9 Å². The van der Waals surface area contributed by atoms with E-state index in [0.717, 1.165) is 37.3 Å². The number of aliphatic hydroxyl groups excluding tert-OH is 1. The van der Waals surface area contributed by atoms with Crippen LogP contribution in [0.15, 0.2) is 12.0 Å². The fourth-order valence-corrected chi connectivity index (χ4v) is 15.0. The summed E-state index contributed by atoms with van der Waals surface area (Å²) in [5.41, 5.74) is 0. The van der Waals surface area contributed by atoms with Crippen molar-refractivity contribution in [2.24, 2.45) is 0 Å². The lowest BCUT2D eigenvalue weighted by Gasteiger charge is -2.49. The third-order valence-corrected chi connectivity index (χ3v) is 17.1. The second-order valence-electron chi connectivity index (χ2n) is 11.8.